The summed E-state index contributed by atoms with van der Waals surface area (Å²) in [6, 6.07) is 8.83. The second kappa shape index (κ2) is 3.93. The first-order valence-corrected chi connectivity index (χ1v) is 5.91. The lowest BCUT2D eigenvalue weighted by atomic mass is 10.2. The molecule has 3 heteroatoms. The summed E-state index contributed by atoms with van der Waals surface area (Å²) in [4.78, 5) is 1.05. The van der Waals surface area contributed by atoms with Gasteiger partial charge >= 0.3 is 0 Å². The van der Waals surface area contributed by atoms with Crippen LogP contribution in [0, 0.1) is 11.3 Å². The van der Waals surface area contributed by atoms with Crippen LogP contribution in [-0.4, -0.2) is 12.3 Å². The monoisotopic (exact) mass is 204 g/mol. The van der Waals surface area contributed by atoms with Crippen molar-refractivity contribution in [1.29, 1.82) is 5.26 Å². The van der Waals surface area contributed by atoms with Crippen LogP contribution in [0.4, 0.5) is 5.69 Å². The summed E-state index contributed by atoms with van der Waals surface area (Å²) in [6.07, 6.45) is 4.46. The van der Waals surface area contributed by atoms with Gasteiger partial charge in [0.25, 0.3) is 0 Å². The third kappa shape index (κ3) is 1.85. The van der Waals surface area contributed by atoms with E-state index in [-0.39, 0.29) is 0 Å². The molecule has 1 N–H and O–H groups in total. The van der Waals surface area contributed by atoms with Crippen molar-refractivity contribution in [2.45, 2.75) is 23.8 Å². The molecule has 0 heterocycles. The fraction of sp³-hybridized carbons (Fsp3) is 0.364. The fourth-order valence-corrected chi connectivity index (χ4v) is 1.96. The van der Waals surface area contributed by atoms with Gasteiger partial charge in [0.2, 0.25) is 0 Å². The van der Waals surface area contributed by atoms with Crippen LogP contribution in [0.3, 0.4) is 0 Å². The van der Waals surface area contributed by atoms with E-state index in [4.69, 9.17) is 5.26 Å². The maximum atomic E-state index is 9.06. The molecule has 14 heavy (non-hydrogen) atoms. The van der Waals surface area contributed by atoms with Crippen molar-refractivity contribution in [1.82, 2.24) is 0 Å². The molecule has 0 saturated heterocycles. The summed E-state index contributed by atoms with van der Waals surface area (Å²) in [5.74, 6) is 0. The molecule has 2 rings (SSSR count). The third-order valence-corrected chi connectivity index (χ3v) is 3.07. The number of thioether (sulfide) groups is 1. The van der Waals surface area contributed by atoms with Gasteiger partial charge in [-0.2, -0.15) is 5.26 Å². The summed E-state index contributed by atoms with van der Waals surface area (Å²) >= 11 is 1.62. The summed E-state index contributed by atoms with van der Waals surface area (Å²) in [5.41, 5.74) is 1.77. The molecule has 0 aliphatic heterocycles. The van der Waals surface area contributed by atoms with Crippen LogP contribution in [0.1, 0.15) is 18.4 Å². The minimum Gasteiger partial charge on any atom is -0.381 e. The number of anilines is 1. The van der Waals surface area contributed by atoms with Crippen LogP contribution in [-0.2, 0) is 0 Å². The highest BCUT2D eigenvalue weighted by Crippen LogP contribution is 2.30. The molecular formula is C11H12N2S. The van der Waals surface area contributed by atoms with Crippen LogP contribution >= 0.6 is 11.8 Å². The average molecular weight is 204 g/mol. The standard InChI is InChI=1S/C11H12N2S/c1-14-11-4-2-3-10(9(11)7-12)13-8-5-6-8/h2-4,8,13H,5-6H2,1H3. The Morgan fingerprint density at radius 1 is 1.50 bits per heavy atom. The van der Waals surface area contributed by atoms with Gasteiger partial charge in [0, 0.05) is 10.9 Å². The number of benzene rings is 1. The Morgan fingerprint density at radius 3 is 2.86 bits per heavy atom. The van der Waals surface area contributed by atoms with Crippen molar-refractivity contribution in [3.63, 3.8) is 0 Å². The fourth-order valence-electron chi connectivity index (χ4n) is 1.38. The first kappa shape index (κ1) is 9.42. The van der Waals surface area contributed by atoms with E-state index < -0.39 is 0 Å². The largest absolute Gasteiger partial charge is 0.381 e. The van der Waals surface area contributed by atoms with E-state index >= 15 is 0 Å². The zero-order valence-electron chi connectivity index (χ0n) is 8.08. The van der Waals surface area contributed by atoms with Crippen LogP contribution in [0.5, 0.6) is 0 Å². The molecule has 1 saturated carbocycles. The van der Waals surface area contributed by atoms with E-state index in [9.17, 15) is 0 Å². The Morgan fingerprint density at radius 2 is 2.29 bits per heavy atom. The SMILES string of the molecule is CSc1cccc(NC2CC2)c1C#N. The maximum Gasteiger partial charge on any atom is 0.102 e. The van der Waals surface area contributed by atoms with Crippen molar-refractivity contribution in [2.75, 3.05) is 11.6 Å². The van der Waals surface area contributed by atoms with Gasteiger partial charge in [0.1, 0.15) is 6.07 Å². The van der Waals surface area contributed by atoms with Crippen molar-refractivity contribution in [3.8, 4) is 6.07 Å². The van der Waals surface area contributed by atoms with E-state index in [1.54, 1.807) is 11.8 Å². The van der Waals surface area contributed by atoms with Crippen LogP contribution in [0.15, 0.2) is 23.1 Å². The predicted octanol–water partition coefficient (Wildman–Crippen LogP) is 2.85. The lowest BCUT2D eigenvalue weighted by Crippen LogP contribution is -2.03. The lowest BCUT2D eigenvalue weighted by Gasteiger charge is -2.08. The van der Waals surface area contributed by atoms with Crippen molar-refractivity contribution >= 4 is 17.4 Å². The van der Waals surface area contributed by atoms with Gasteiger partial charge in [-0.3, -0.25) is 0 Å². The zero-order chi connectivity index (χ0) is 9.97. The summed E-state index contributed by atoms with van der Waals surface area (Å²) in [5, 5.41) is 12.4. The second-order valence-electron chi connectivity index (χ2n) is 3.41. The zero-order valence-corrected chi connectivity index (χ0v) is 8.90. The normalized spacial score (nSPS) is 14.9. The number of nitrogens with one attached hydrogen (secondary N) is 1. The highest BCUT2D eigenvalue weighted by Gasteiger charge is 2.22. The Hall–Kier alpha value is -1.14. The average Bonchev–Trinajstić information content (AvgIpc) is 3.01. The third-order valence-electron chi connectivity index (χ3n) is 2.29. The molecule has 2 nitrogen and oxygen atoms in total. The van der Waals surface area contributed by atoms with Crippen LogP contribution < -0.4 is 5.32 Å². The lowest BCUT2D eigenvalue weighted by molar-refractivity contribution is 1.14. The smallest absolute Gasteiger partial charge is 0.102 e. The molecule has 0 unspecified atom stereocenters. The molecule has 1 aromatic carbocycles. The first-order chi connectivity index (χ1) is 6.85. The van der Waals surface area contributed by atoms with E-state index in [0.717, 1.165) is 16.1 Å². The van der Waals surface area contributed by atoms with Crippen LogP contribution in [0.2, 0.25) is 0 Å². The quantitative estimate of drug-likeness (QED) is 0.769. The van der Waals surface area contributed by atoms with E-state index in [1.807, 2.05) is 24.5 Å². The minimum absolute atomic E-state index is 0.596. The Kier molecular flexibility index (Phi) is 2.64. The molecule has 0 atom stereocenters. The number of nitriles is 1. The van der Waals surface area contributed by atoms with Gasteiger partial charge in [-0.05, 0) is 31.2 Å². The molecule has 0 radical (unpaired) electrons. The Labute approximate surface area is 88.3 Å². The first-order valence-electron chi connectivity index (χ1n) is 4.69. The second-order valence-corrected chi connectivity index (χ2v) is 4.26. The number of hydrogen-bond donors (Lipinski definition) is 1. The van der Waals surface area contributed by atoms with Crippen molar-refractivity contribution < 1.29 is 0 Å². The van der Waals surface area contributed by atoms with Gasteiger partial charge in [-0.25, -0.2) is 0 Å². The van der Waals surface area contributed by atoms with E-state index in [0.29, 0.717) is 6.04 Å². The van der Waals surface area contributed by atoms with Gasteiger partial charge < -0.3 is 5.32 Å². The molecule has 0 aromatic heterocycles. The molecule has 0 bridgehead atoms. The Bertz CT molecular complexity index is 377. The summed E-state index contributed by atoms with van der Waals surface area (Å²) in [7, 11) is 0. The molecule has 0 amide bonds. The van der Waals surface area contributed by atoms with Crippen LogP contribution in [0.25, 0.3) is 0 Å². The molecule has 1 fully saturated rings. The van der Waals surface area contributed by atoms with E-state index in [2.05, 4.69) is 11.4 Å². The van der Waals surface area contributed by atoms with Gasteiger partial charge in [-0.15, -0.1) is 11.8 Å². The van der Waals surface area contributed by atoms with Crippen molar-refractivity contribution in [3.05, 3.63) is 23.8 Å². The molecule has 1 aliphatic carbocycles. The molecule has 1 aromatic rings. The molecule has 1 aliphatic rings. The molecule has 0 spiro atoms. The highest BCUT2D eigenvalue weighted by molar-refractivity contribution is 7.98. The summed E-state index contributed by atoms with van der Waals surface area (Å²) < 4.78 is 0. The van der Waals surface area contributed by atoms with Gasteiger partial charge in [0.15, 0.2) is 0 Å². The Balaban J connectivity index is 2.32. The maximum absolute atomic E-state index is 9.06. The predicted molar refractivity (Wildman–Crippen MR) is 59.6 cm³/mol. The number of rotatable bonds is 3. The topological polar surface area (TPSA) is 35.8 Å². The van der Waals surface area contributed by atoms with Crippen molar-refractivity contribution in [2.24, 2.45) is 0 Å². The molecule has 72 valence electrons. The summed E-state index contributed by atoms with van der Waals surface area (Å²) in [6.45, 7) is 0. The van der Waals surface area contributed by atoms with E-state index in [1.165, 1.54) is 12.8 Å². The number of hydrogen-bond acceptors (Lipinski definition) is 3. The minimum atomic E-state index is 0.596. The van der Waals surface area contributed by atoms with Gasteiger partial charge in [0.05, 0.1) is 11.3 Å². The highest BCUT2D eigenvalue weighted by atomic mass is 32.2. The number of nitrogens with zero attached hydrogens (tertiary/aromatic N) is 1. The van der Waals surface area contributed by atoms with Gasteiger partial charge in [-0.1, -0.05) is 6.07 Å². The molecular weight excluding hydrogens is 192 g/mol.